The number of sulfonamides is 1. The van der Waals surface area contributed by atoms with Crippen LogP contribution >= 0.6 is 22.7 Å². The van der Waals surface area contributed by atoms with Gasteiger partial charge in [-0.2, -0.15) is 4.31 Å². The fourth-order valence-corrected chi connectivity index (χ4v) is 6.97. The van der Waals surface area contributed by atoms with Crippen LogP contribution in [0.4, 0.5) is 5.13 Å². The van der Waals surface area contributed by atoms with Crippen molar-refractivity contribution in [3.8, 4) is 22.8 Å². The van der Waals surface area contributed by atoms with Crippen LogP contribution in [0.3, 0.4) is 0 Å². The van der Waals surface area contributed by atoms with Crippen LogP contribution in [0.15, 0.2) is 45.3 Å². The van der Waals surface area contributed by atoms with Crippen LogP contribution in [0.2, 0.25) is 0 Å². The standard InChI is InChI=1S/C21H23N3O5S3/c1-28-15-7-8-18(29-2)16(11-15)17-13-31-21(22-17)23-20(25)14-5-3-9-24(12-14)32(26,27)19-6-4-10-30-19/h4,6-8,10-11,13-14H,3,5,9,12H2,1-2H3,(H,22,23,25). The number of anilines is 1. The summed E-state index contributed by atoms with van der Waals surface area (Å²) in [5.74, 6) is 0.663. The Kier molecular flexibility index (Phi) is 6.79. The summed E-state index contributed by atoms with van der Waals surface area (Å²) >= 11 is 2.49. The first kappa shape index (κ1) is 22.7. The molecule has 1 aliphatic rings. The van der Waals surface area contributed by atoms with Gasteiger partial charge >= 0.3 is 0 Å². The second-order valence-electron chi connectivity index (χ2n) is 7.23. The number of amides is 1. The molecular weight excluding hydrogens is 470 g/mol. The van der Waals surface area contributed by atoms with E-state index in [0.29, 0.717) is 45.9 Å². The number of nitrogens with zero attached hydrogens (tertiary/aromatic N) is 2. The largest absolute Gasteiger partial charge is 0.497 e. The van der Waals surface area contributed by atoms with Crippen LogP contribution in [0.5, 0.6) is 11.5 Å². The molecule has 1 atom stereocenters. The number of methoxy groups -OCH3 is 2. The lowest BCUT2D eigenvalue weighted by atomic mass is 9.99. The smallest absolute Gasteiger partial charge is 0.252 e. The lowest BCUT2D eigenvalue weighted by molar-refractivity contribution is -0.120. The number of piperidine rings is 1. The molecule has 1 fully saturated rings. The van der Waals surface area contributed by atoms with Crippen LogP contribution < -0.4 is 14.8 Å². The minimum Gasteiger partial charge on any atom is -0.497 e. The maximum Gasteiger partial charge on any atom is 0.252 e. The average molecular weight is 494 g/mol. The predicted molar refractivity (Wildman–Crippen MR) is 125 cm³/mol. The topological polar surface area (TPSA) is 97.8 Å². The Bertz CT molecular complexity index is 1190. The number of rotatable bonds is 7. The van der Waals surface area contributed by atoms with Gasteiger partial charge in [-0.05, 0) is 42.5 Å². The van der Waals surface area contributed by atoms with E-state index in [0.717, 1.165) is 5.56 Å². The van der Waals surface area contributed by atoms with Crippen molar-refractivity contribution in [3.05, 3.63) is 41.1 Å². The fraction of sp³-hybridized carbons (Fsp3) is 0.333. The molecule has 0 saturated carbocycles. The van der Waals surface area contributed by atoms with Crippen LogP contribution in [-0.2, 0) is 14.8 Å². The molecule has 1 aliphatic heterocycles. The van der Waals surface area contributed by atoms with Crippen LogP contribution in [0, 0.1) is 5.92 Å². The van der Waals surface area contributed by atoms with E-state index >= 15 is 0 Å². The summed E-state index contributed by atoms with van der Waals surface area (Å²) in [5, 5.41) is 6.87. The van der Waals surface area contributed by atoms with Crippen molar-refractivity contribution in [2.75, 3.05) is 32.6 Å². The third kappa shape index (κ3) is 4.65. The molecule has 0 aliphatic carbocycles. The predicted octanol–water partition coefficient (Wildman–Crippen LogP) is 3.93. The third-order valence-corrected chi connectivity index (χ3v) is 9.26. The highest BCUT2D eigenvalue weighted by molar-refractivity contribution is 7.91. The molecule has 0 spiro atoms. The second-order valence-corrected chi connectivity index (χ2v) is 11.2. The third-order valence-electron chi connectivity index (χ3n) is 5.26. The van der Waals surface area contributed by atoms with Gasteiger partial charge in [0.15, 0.2) is 5.13 Å². The van der Waals surface area contributed by atoms with E-state index in [-0.39, 0.29) is 12.5 Å². The summed E-state index contributed by atoms with van der Waals surface area (Å²) in [7, 11) is -0.401. The van der Waals surface area contributed by atoms with Crippen molar-refractivity contribution >= 4 is 43.7 Å². The van der Waals surface area contributed by atoms with Gasteiger partial charge in [0.05, 0.1) is 25.8 Å². The number of aromatic nitrogens is 1. The summed E-state index contributed by atoms with van der Waals surface area (Å²) in [6.07, 6.45) is 1.26. The van der Waals surface area contributed by atoms with Gasteiger partial charge in [0, 0.05) is 24.0 Å². The minimum atomic E-state index is -3.57. The number of thiazole rings is 1. The van der Waals surface area contributed by atoms with Crippen LogP contribution in [-0.4, -0.2) is 50.9 Å². The Morgan fingerprint density at radius 1 is 1.22 bits per heavy atom. The molecule has 32 heavy (non-hydrogen) atoms. The zero-order valence-corrected chi connectivity index (χ0v) is 20.1. The van der Waals surface area contributed by atoms with Crippen molar-refractivity contribution in [3.63, 3.8) is 0 Å². The molecule has 170 valence electrons. The maximum absolute atomic E-state index is 12.9. The summed E-state index contributed by atoms with van der Waals surface area (Å²) in [6, 6.07) is 8.73. The molecule has 1 N–H and O–H groups in total. The summed E-state index contributed by atoms with van der Waals surface area (Å²) in [5.41, 5.74) is 1.42. The van der Waals surface area contributed by atoms with E-state index in [4.69, 9.17) is 9.47 Å². The van der Waals surface area contributed by atoms with Gasteiger partial charge in [-0.1, -0.05) is 6.07 Å². The molecule has 1 saturated heterocycles. The van der Waals surface area contributed by atoms with E-state index in [1.807, 2.05) is 11.4 Å². The minimum absolute atomic E-state index is 0.161. The van der Waals surface area contributed by atoms with Crippen molar-refractivity contribution in [2.24, 2.45) is 5.92 Å². The number of thiophene rings is 1. The first-order chi connectivity index (χ1) is 15.4. The van der Waals surface area contributed by atoms with Gasteiger partial charge in [0.2, 0.25) is 5.91 Å². The van der Waals surface area contributed by atoms with Crippen molar-refractivity contribution < 1.29 is 22.7 Å². The Labute approximate surface area is 194 Å². The number of hydrogen-bond acceptors (Lipinski definition) is 8. The van der Waals surface area contributed by atoms with Gasteiger partial charge in [0.25, 0.3) is 10.0 Å². The molecule has 0 bridgehead atoms. The van der Waals surface area contributed by atoms with E-state index in [1.165, 1.54) is 27.0 Å². The number of nitrogens with one attached hydrogen (secondary N) is 1. The molecule has 2 aromatic heterocycles. The highest BCUT2D eigenvalue weighted by atomic mass is 32.2. The number of ether oxygens (including phenoxy) is 2. The molecule has 3 aromatic rings. The average Bonchev–Trinajstić information content (AvgIpc) is 3.51. The number of hydrogen-bond donors (Lipinski definition) is 1. The number of benzene rings is 1. The van der Waals surface area contributed by atoms with Gasteiger partial charge in [-0.3, -0.25) is 4.79 Å². The zero-order valence-electron chi connectivity index (χ0n) is 17.6. The maximum atomic E-state index is 12.9. The van der Waals surface area contributed by atoms with Gasteiger partial charge < -0.3 is 14.8 Å². The first-order valence-corrected chi connectivity index (χ1v) is 13.1. The highest BCUT2D eigenvalue weighted by Gasteiger charge is 2.34. The molecule has 3 heterocycles. The van der Waals surface area contributed by atoms with Gasteiger partial charge in [0.1, 0.15) is 15.7 Å². The summed E-state index contributed by atoms with van der Waals surface area (Å²) < 4.78 is 38.1. The van der Waals surface area contributed by atoms with Crippen LogP contribution in [0.25, 0.3) is 11.3 Å². The lowest BCUT2D eigenvalue weighted by Gasteiger charge is -2.30. The van der Waals surface area contributed by atoms with E-state index in [1.54, 1.807) is 43.9 Å². The molecule has 0 radical (unpaired) electrons. The van der Waals surface area contributed by atoms with Gasteiger partial charge in [-0.25, -0.2) is 13.4 Å². The Morgan fingerprint density at radius 3 is 2.78 bits per heavy atom. The van der Waals surface area contributed by atoms with Crippen molar-refractivity contribution in [1.82, 2.24) is 9.29 Å². The fourth-order valence-electron chi connectivity index (χ4n) is 3.59. The molecule has 8 nitrogen and oxygen atoms in total. The Morgan fingerprint density at radius 2 is 2.06 bits per heavy atom. The summed E-state index contributed by atoms with van der Waals surface area (Å²) in [6.45, 7) is 0.578. The van der Waals surface area contributed by atoms with E-state index in [9.17, 15) is 13.2 Å². The highest BCUT2D eigenvalue weighted by Crippen LogP contribution is 2.35. The zero-order chi connectivity index (χ0) is 22.7. The molecule has 1 unspecified atom stereocenters. The molecule has 4 rings (SSSR count). The second kappa shape index (κ2) is 9.57. The lowest BCUT2D eigenvalue weighted by Crippen LogP contribution is -2.43. The Balaban J connectivity index is 1.47. The molecule has 1 aromatic carbocycles. The van der Waals surface area contributed by atoms with E-state index in [2.05, 4.69) is 10.3 Å². The Hall–Kier alpha value is -2.47. The van der Waals surface area contributed by atoms with Crippen molar-refractivity contribution in [2.45, 2.75) is 17.1 Å². The van der Waals surface area contributed by atoms with Crippen molar-refractivity contribution in [1.29, 1.82) is 0 Å². The normalized spacial score (nSPS) is 17.1. The molecular formula is C21H23N3O5S3. The molecule has 1 amide bonds. The number of carbonyl (C=O) groups excluding carboxylic acids is 1. The number of carbonyl (C=O) groups is 1. The molecule has 11 heteroatoms. The SMILES string of the molecule is COc1ccc(OC)c(-c2csc(NC(=O)C3CCCN(S(=O)(=O)c4cccs4)C3)n2)c1. The quantitative estimate of drug-likeness (QED) is 0.536. The van der Waals surface area contributed by atoms with E-state index < -0.39 is 15.9 Å². The first-order valence-electron chi connectivity index (χ1n) is 9.95. The van der Waals surface area contributed by atoms with Gasteiger partial charge in [-0.15, -0.1) is 22.7 Å². The monoisotopic (exact) mass is 493 g/mol. The van der Waals surface area contributed by atoms with Crippen LogP contribution in [0.1, 0.15) is 12.8 Å². The summed E-state index contributed by atoms with van der Waals surface area (Å²) in [4.78, 5) is 17.4.